The fourth-order valence-electron chi connectivity index (χ4n) is 3.04. The molecule has 0 aromatic heterocycles. The predicted molar refractivity (Wildman–Crippen MR) is 81.7 cm³/mol. The van der Waals surface area contributed by atoms with E-state index in [-0.39, 0.29) is 24.5 Å². The van der Waals surface area contributed by atoms with Crippen LogP contribution in [0.2, 0.25) is 0 Å². The van der Waals surface area contributed by atoms with Gasteiger partial charge in [0.1, 0.15) is 5.71 Å². The van der Waals surface area contributed by atoms with Gasteiger partial charge in [-0.1, -0.05) is 24.3 Å². The number of nitrogens with zero attached hydrogens (tertiary/aromatic N) is 3. The van der Waals surface area contributed by atoms with E-state index in [4.69, 9.17) is 0 Å². The van der Waals surface area contributed by atoms with Crippen LogP contribution in [0, 0.1) is 0 Å². The van der Waals surface area contributed by atoms with Gasteiger partial charge in [0.15, 0.2) is 6.04 Å². The maximum Gasteiger partial charge on any atom is 0.331 e. The molecule has 0 bridgehead atoms. The van der Waals surface area contributed by atoms with Crippen LogP contribution in [0.4, 0.5) is 0 Å². The summed E-state index contributed by atoms with van der Waals surface area (Å²) in [5, 5.41) is 14.7. The number of aliphatic carboxylic acids is 1. The zero-order valence-electron chi connectivity index (χ0n) is 12.7. The van der Waals surface area contributed by atoms with Crippen LogP contribution in [0.25, 0.3) is 0 Å². The molecule has 2 amide bonds. The van der Waals surface area contributed by atoms with E-state index < -0.39 is 17.9 Å². The summed E-state index contributed by atoms with van der Waals surface area (Å²) in [6.07, 6.45) is 1.06. The van der Waals surface area contributed by atoms with Crippen molar-refractivity contribution in [3.8, 4) is 0 Å². The predicted octanol–water partition coefficient (Wildman–Crippen LogP) is 0.805. The van der Waals surface area contributed by atoms with Crippen molar-refractivity contribution in [2.24, 2.45) is 5.10 Å². The Bertz CT molecular complexity index is 713. The number of rotatable bonds is 2. The van der Waals surface area contributed by atoms with Crippen LogP contribution in [0.15, 0.2) is 29.4 Å². The fraction of sp³-hybridized carbons (Fsp3) is 0.375. The van der Waals surface area contributed by atoms with Gasteiger partial charge in [-0.05, 0) is 17.5 Å². The SMILES string of the molecule is CN1N=C(C(=O)N2CCc3ccccc3[C@H]2C(=O)O)CCC1=O. The number of carbonyl (C=O) groups excluding carboxylic acids is 2. The van der Waals surface area contributed by atoms with Crippen LogP contribution in [0.1, 0.15) is 30.0 Å². The highest BCUT2D eigenvalue weighted by molar-refractivity contribution is 6.39. The van der Waals surface area contributed by atoms with Gasteiger partial charge in [0.2, 0.25) is 5.91 Å². The zero-order chi connectivity index (χ0) is 16.6. The molecule has 0 aliphatic carbocycles. The summed E-state index contributed by atoms with van der Waals surface area (Å²) >= 11 is 0. The Morgan fingerprint density at radius 1 is 1.22 bits per heavy atom. The molecule has 0 saturated heterocycles. The lowest BCUT2D eigenvalue weighted by atomic mass is 9.92. The van der Waals surface area contributed by atoms with Crippen molar-refractivity contribution in [3.63, 3.8) is 0 Å². The molecule has 23 heavy (non-hydrogen) atoms. The van der Waals surface area contributed by atoms with Crippen LogP contribution in [0.3, 0.4) is 0 Å². The second-order valence-electron chi connectivity index (χ2n) is 5.65. The number of hydrogen-bond donors (Lipinski definition) is 1. The highest BCUT2D eigenvalue weighted by Crippen LogP contribution is 2.30. The summed E-state index contributed by atoms with van der Waals surface area (Å²) in [4.78, 5) is 37.3. The monoisotopic (exact) mass is 315 g/mol. The van der Waals surface area contributed by atoms with E-state index in [1.165, 1.54) is 11.9 Å². The van der Waals surface area contributed by atoms with Gasteiger partial charge in [-0.25, -0.2) is 9.80 Å². The third-order valence-electron chi connectivity index (χ3n) is 4.23. The first kappa shape index (κ1) is 15.2. The van der Waals surface area contributed by atoms with Gasteiger partial charge in [0.25, 0.3) is 5.91 Å². The average molecular weight is 315 g/mol. The lowest BCUT2D eigenvalue weighted by Gasteiger charge is -2.35. The third kappa shape index (κ3) is 2.69. The van der Waals surface area contributed by atoms with Gasteiger partial charge in [0, 0.05) is 26.4 Å². The number of carboxylic acids is 1. The molecule has 1 aromatic carbocycles. The van der Waals surface area contributed by atoms with Gasteiger partial charge >= 0.3 is 5.97 Å². The number of carbonyl (C=O) groups is 3. The van der Waals surface area contributed by atoms with Crippen molar-refractivity contribution in [1.29, 1.82) is 0 Å². The molecule has 0 spiro atoms. The summed E-state index contributed by atoms with van der Waals surface area (Å²) in [6, 6.07) is 6.25. The molecule has 0 fully saturated rings. The lowest BCUT2D eigenvalue weighted by molar-refractivity contribution is -0.149. The highest BCUT2D eigenvalue weighted by atomic mass is 16.4. The van der Waals surface area contributed by atoms with Crippen LogP contribution in [-0.2, 0) is 20.8 Å². The average Bonchev–Trinajstić information content (AvgIpc) is 2.55. The first-order valence-corrected chi connectivity index (χ1v) is 7.44. The normalized spacial score (nSPS) is 20.8. The Labute approximate surface area is 133 Å². The Morgan fingerprint density at radius 2 is 1.96 bits per heavy atom. The van der Waals surface area contributed by atoms with Crippen LogP contribution in [-0.4, -0.2) is 52.1 Å². The quantitative estimate of drug-likeness (QED) is 0.874. The van der Waals surface area contributed by atoms with Crippen molar-refractivity contribution in [3.05, 3.63) is 35.4 Å². The maximum atomic E-state index is 12.7. The summed E-state index contributed by atoms with van der Waals surface area (Å²) in [6.45, 7) is 0.323. The molecule has 1 aromatic rings. The fourth-order valence-corrected chi connectivity index (χ4v) is 3.04. The minimum Gasteiger partial charge on any atom is -0.479 e. The molecular formula is C16H17N3O4. The minimum absolute atomic E-state index is 0.152. The standard InChI is InChI=1S/C16H17N3O4/c1-18-13(20)7-6-12(17-18)15(21)19-9-8-10-4-2-3-5-11(10)14(19)16(22)23/h2-5,14H,6-9H2,1H3,(H,22,23)/t14-/m0/s1. The number of amides is 2. The van der Waals surface area contributed by atoms with Crippen molar-refractivity contribution in [2.45, 2.75) is 25.3 Å². The van der Waals surface area contributed by atoms with E-state index >= 15 is 0 Å². The van der Waals surface area contributed by atoms with Crippen molar-refractivity contribution in [2.75, 3.05) is 13.6 Å². The molecule has 7 heteroatoms. The zero-order valence-corrected chi connectivity index (χ0v) is 12.7. The Kier molecular flexibility index (Phi) is 3.85. The van der Waals surface area contributed by atoms with E-state index in [9.17, 15) is 19.5 Å². The Morgan fingerprint density at radius 3 is 2.65 bits per heavy atom. The first-order valence-electron chi connectivity index (χ1n) is 7.44. The number of hydrazone groups is 1. The smallest absolute Gasteiger partial charge is 0.331 e. The maximum absolute atomic E-state index is 12.7. The first-order chi connectivity index (χ1) is 11.0. The van der Waals surface area contributed by atoms with Gasteiger partial charge in [-0.2, -0.15) is 5.10 Å². The Hall–Kier alpha value is -2.70. The second-order valence-corrected chi connectivity index (χ2v) is 5.65. The third-order valence-corrected chi connectivity index (χ3v) is 4.23. The van der Waals surface area contributed by atoms with Crippen LogP contribution < -0.4 is 0 Å². The van der Waals surface area contributed by atoms with Crippen molar-refractivity contribution >= 4 is 23.5 Å². The molecule has 1 atom stereocenters. The number of fused-ring (bicyclic) bond motifs is 1. The molecule has 0 saturated carbocycles. The number of benzene rings is 1. The molecule has 2 aliphatic rings. The van der Waals surface area contributed by atoms with Crippen LogP contribution >= 0.6 is 0 Å². The molecule has 3 rings (SSSR count). The van der Waals surface area contributed by atoms with Gasteiger partial charge in [0.05, 0.1) is 0 Å². The Balaban J connectivity index is 1.93. The van der Waals surface area contributed by atoms with Crippen molar-refractivity contribution in [1.82, 2.24) is 9.91 Å². The molecule has 120 valence electrons. The molecule has 2 aliphatic heterocycles. The van der Waals surface area contributed by atoms with E-state index in [0.29, 0.717) is 18.5 Å². The molecule has 2 heterocycles. The number of carboxylic acid groups (broad SMARTS) is 1. The molecule has 1 N–H and O–H groups in total. The highest BCUT2D eigenvalue weighted by Gasteiger charge is 2.38. The van der Waals surface area contributed by atoms with Gasteiger partial charge in [-0.3, -0.25) is 9.59 Å². The van der Waals surface area contributed by atoms with E-state index in [1.54, 1.807) is 12.1 Å². The second kappa shape index (κ2) is 5.83. The largest absolute Gasteiger partial charge is 0.479 e. The summed E-state index contributed by atoms with van der Waals surface area (Å²) in [5.41, 5.74) is 1.82. The van der Waals surface area contributed by atoms with Gasteiger partial charge in [-0.15, -0.1) is 0 Å². The number of hydrogen-bond acceptors (Lipinski definition) is 4. The summed E-state index contributed by atoms with van der Waals surface area (Å²) in [5.74, 6) is -1.63. The molecule has 0 unspecified atom stereocenters. The van der Waals surface area contributed by atoms with E-state index in [0.717, 1.165) is 10.6 Å². The topological polar surface area (TPSA) is 90.3 Å². The molecule has 0 radical (unpaired) electrons. The summed E-state index contributed by atoms with van der Waals surface area (Å²) in [7, 11) is 1.49. The van der Waals surface area contributed by atoms with Crippen molar-refractivity contribution < 1.29 is 19.5 Å². The molecular weight excluding hydrogens is 298 g/mol. The summed E-state index contributed by atoms with van der Waals surface area (Å²) < 4.78 is 0. The lowest BCUT2D eigenvalue weighted by Crippen LogP contribution is -2.47. The van der Waals surface area contributed by atoms with E-state index in [2.05, 4.69) is 5.10 Å². The molecule has 7 nitrogen and oxygen atoms in total. The minimum atomic E-state index is -1.06. The van der Waals surface area contributed by atoms with Crippen LogP contribution in [0.5, 0.6) is 0 Å². The van der Waals surface area contributed by atoms with E-state index in [1.807, 2.05) is 12.1 Å². The van der Waals surface area contributed by atoms with Gasteiger partial charge < -0.3 is 10.0 Å².